The highest BCUT2D eigenvalue weighted by Gasteiger charge is 2.28. The molecule has 3 aromatic heterocycles. The fourth-order valence-electron chi connectivity index (χ4n) is 2.70. The predicted octanol–water partition coefficient (Wildman–Crippen LogP) is 2.51. The van der Waals surface area contributed by atoms with E-state index in [0.717, 1.165) is 40.6 Å². The zero-order valence-corrected chi connectivity index (χ0v) is 13.0. The molecule has 7 heteroatoms. The van der Waals surface area contributed by atoms with Gasteiger partial charge in [0.05, 0.1) is 17.6 Å². The largest absolute Gasteiger partial charge is 0.336 e. The Kier molecular flexibility index (Phi) is 2.88. The van der Waals surface area contributed by atoms with Gasteiger partial charge in [-0.05, 0) is 26.7 Å². The number of nitrogens with one attached hydrogen (secondary N) is 1. The number of aryl methyl sites for hydroxylation is 3. The van der Waals surface area contributed by atoms with E-state index in [-0.39, 0.29) is 0 Å². The lowest BCUT2D eigenvalue weighted by atomic mass is 10.3. The molecule has 0 radical (unpaired) electrons. The summed E-state index contributed by atoms with van der Waals surface area (Å²) in [5.74, 6) is 2.24. The van der Waals surface area contributed by atoms with Crippen LogP contribution in [0.15, 0.2) is 12.4 Å². The fraction of sp³-hybridized carbons (Fsp3) is 0.467. The van der Waals surface area contributed by atoms with Gasteiger partial charge in [0.15, 0.2) is 5.82 Å². The monoisotopic (exact) mass is 297 g/mol. The summed E-state index contributed by atoms with van der Waals surface area (Å²) >= 11 is 0. The lowest BCUT2D eigenvalue weighted by Crippen LogP contribution is -2.03. The number of hydrogen-bond acceptors (Lipinski definition) is 5. The van der Waals surface area contributed by atoms with E-state index in [0.29, 0.717) is 5.92 Å². The zero-order valence-electron chi connectivity index (χ0n) is 13.0. The molecular formula is C15H19N7. The highest BCUT2D eigenvalue weighted by molar-refractivity contribution is 5.89. The van der Waals surface area contributed by atoms with E-state index in [2.05, 4.69) is 22.4 Å². The van der Waals surface area contributed by atoms with Crippen LogP contribution in [0.1, 0.15) is 37.2 Å². The van der Waals surface area contributed by atoms with Gasteiger partial charge in [-0.2, -0.15) is 10.2 Å². The van der Waals surface area contributed by atoms with Gasteiger partial charge in [-0.1, -0.05) is 0 Å². The molecule has 114 valence electrons. The van der Waals surface area contributed by atoms with Crippen molar-refractivity contribution >= 4 is 22.5 Å². The van der Waals surface area contributed by atoms with Gasteiger partial charge < -0.3 is 5.32 Å². The SMILES string of the molecule is CCn1cc(Nc2nc(C3CC3)nc3c(C)nn(C)c23)cn1. The third-order valence-electron chi connectivity index (χ3n) is 4.03. The molecule has 0 saturated heterocycles. The molecular weight excluding hydrogens is 278 g/mol. The molecule has 7 nitrogen and oxygen atoms in total. The van der Waals surface area contributed by atoms with Crippen LogP contribution in [0.25, 0.3) is 11.0 Å². The van der Waals surface area contributed by atoms with Crippen molar-refractivity contribution in [1.29, 1.82) is 0 Å². The van der Waals surface area contributed by atoms with Crippen LogP contribution in [0.5, 0.6) is 0 Å². The molecule has 1 aliphatic carbocycles. The predicted molar refractivity (Wildman–Crippen MR) is 84.2 cm³/mol. The lowest BCUT2D eigenvalue weighted by Gasteiger charge is -2.08. The Labute approximate surface area is 128 Å². The summed E-state index contributed by atoms with van der Waals surface area (Å²) in [5.41, 5.74) is 3.74. The smallest absolute Gasteiger partial charge is 0.160 e. The summed E-state index contributed by atoms with van der Waals surface area (Å²) in [6, 6.07) is 0. The average Bonchev–Trinajstić information content (AvgIpc) is 3.19. The number of anilines is 2. The quantitative estimate of drug-likeness (QED) is 0.801. The summed E-state index contributed by atoms with van der Waals surface area (Å²) in [5, 5.41) is 12.2. The standard InChI is InChI=1S/C15H19N7/c1-4-22-8-11(7-16-22)17-15-13-12(9(2)20-21(13)3)18-14(19-15)10-5-6-10/h7-8,10H,4-6H2,1-3H3,(H,17,18,19). The zero-order chi connectivity index (χ0) is 15.3. The van der Waals surface area contributed by atoms with Gasteiger partial charge >= 0.3 is 0 Å². The van der Waals surface area contributed by atoms with Crippen LogP contribution in [-0.4, -0.2) is 29.5 Å². The maximum absolute atomic E-state index is 4.75. The molecule has 0 aliphatic heterocycles. The normalized spacial score (nSPS) is 14.7. The van der Waals surface area contributed by atoms with Crippen molar-refractivity contribution in [2.45, 2.75) is 39.2 Å². The molecule has 1 saturated carbocycles. The number of fused-ring (bicyclic) bond motifs is 1. The summed E-state index contributed by atoms with van der Waals surface area (Å²) in [6.45, 7) is 4.90. The molecule has 1 N–H and O–H groups in total. The Morgan fingerprint density at radius 1 is 1.32 bits per heavy atom. The van der Waals surface area contributed by atoms with E-state index < -0.39 is 0 Å². The van der Waals surface area contributed by atoms with Gasteiger partial charge in [0, 0.05) is 25.7 Å². The van der Waals surface area contributed by atoms with Gasteiger partial charge in [0.2, 0.25) is 0 Å². The lowest BCUT2D eigenvalue weighted by molar-refractivity contribution is 0.660. The maximum atomic E-state index is 4.75. The van der Waals surface area contributed by atoms with Crippen molar-refractivity contribution in [2.24, 2.45) is 7.05 Å². The minimum absolute atomic E-state index is 0.503. The van der Waals surface area contributed by atoms with Crippen LogP contribution in [0.2, 0.25) is 0 Å². The Hall–Kier alpha value is -2.44. The molecule has 0 spiro atoms. The van der Waals surface area contributed by atoms with Crippen molar-refractivity contribution in [1.82, 2.24) is 29.5 Å². The van der Waals surface area contributed by atoms with E-state index in [4.69, 9.17) is 9.97 Å². The molecule has 3 aromatic rings. The van der Waals surface area contributed by atoms with Gasteiger partial charge in [-0.15, -0.1) is 0 Å². The first-order valence-corrected chi connectivity index (χ1v) is 7.66. The number of nitrogens with zero attached hydrogens (tertiary/aromatic N) is 6. The van der Waals surface area contributed by atoms with Crippen molar-refractivity contribution in [3.05, 3.63) is 23.9 Å². The van der Waals surface area contributed by atoms with E-state index in [1.165, 1.54) is 12.8 Å². The first-order chi connectivity index (χ1) is 10.7. The highest BCUT2D eigenvalue weighted by Crippen LogP contribution is 2.39. The van der Waals surface area contributed by atoms with Crippen LogP contribution in [0.4, 0.5) is 11.5 Å². The van der Waals surface area contributed by atoms with E-state index >= 15 is 0 Å². The molecule has 3 heterocycles. The van der Waals surface area contributed by atoms with Crippen molar-refractivity contribution < 1.29 is 0 Å². The second kappa shape index (κ2) is 4.79. The van der Waals surface area contributed by atoms with Crippen LogP contribution in [0.3, 0.4) is 0 Å². The van der Waals surface area contributed by atoms with Gasteiger partial charge in [0.25, 0.3) is 0 Å². The summed E-state index contributed by atoms with van der Waals surface area (Å²) in [4.78, 5) is 9.47. The summed E-state index contributed by atoms with van der Waals surface area (Å²) in [6.07, 6.45) is 6.15. The molecule has 0 aromatic carbocycles. The van der Waals surface area contributed by atoms with E-state index in [1.807, 2.05) is 35.7 Å². The molecule has 4 rings (SSSR count). The van der Waals surface area contributed by atoms with Crippen molar-refractivity contribution in [2.75, 3.05) is 5.32 Å². The van der Waals surface area contributed by atoms with E-state index in [1.54, 1.807) is 0 Å². The number of aromatic nitrogens is 6. The highest BCUT2D eigenvalue weighted by atomic mass is 15.3. The molecule has 0 unspecified atom stereocenters. The molecule has 1 aliphatic rings. The average molecular weight is 297 g/mol. The topological polar surface area (TPSA) is 73.5 Å². The maximum Gasteiger partial charge on any atom is 0.160 e. The second-order valence-electron chi connectivity index (χ2n) is 5.82. The Bertz CT molecular complexity index is 841. The van der Waals surface area contributed by atoms with Crippen LogP contribution < -0.4 is 5.32 Å². The van der Waals surface area contributed by atoms with Crippen molar-refractivity contribution in [3.8, 4) is 0 Å². The molecule has 0 amide bonds. The van der Waals surface area contributed by atoms with Crippen LogP contribution in [0, 0.1) is 6.92 Å². The van der Waals surface area contributed by atoms with Crippen LogP contribution >= 0.6 is 0 Å². The Morgan fingerprint density at radius 3 is 2.82 bits per heavy atom. The first kappa shape index (κ1) is 13.2. The second-order valence-corrected chi connectivity index (χ2v) is 5.82. The number of hydrogen-bond donors (Lipinski definition) is 1. The molecule has 0 bridgehead atoms. The van der Waals surface area contributed by atoms with E-state index in [9.17, 15) is 0 Å². The minimum Gasteiger partial charge on any atom is -0.336 e. The number of rotatable bonds is 4. The first-order valence-electron chi connectivity index (χ1n) is 7.66. The van der Waals surface area contributed by atoms with Gasteiger partial charge in [-0.25, -0.2) is 9.97 Å². The van der Waals surface area contributed by atoms with Crippen molar-refractivity contribution in [3.63, 3.8) is 0 Å². The molecule has 22 heavy (non-hydrogen) atoms. The van der Waals surface area contributed by atoms with Gasteiger partial charge in [0.1, 0.15) is 16.9 Å². The van der Waals surface area contributed by atoms with Crippen LogP contribution in [-0.2, 0) is 13.6 Å². The molecule has 1 fully saturated rings. The summed E-state index contributed by atoms with van der Waals surface area (Å²) < 4.78 is 3.73. The third-order valence-corrected chi connectivity index (χ3v) is 4.03. The fourth-order valence-corrected chi connectivity index (χ4v) is 2.70. The Morgan fingerprint density at radius 2 is 2.14 bits per heavy atom. The van der Waals surface area contributed by atoms with Gasteiger partial charge in [-0.3, -0.25) is 9.36 Å². The Balaban J connectivity index is 1.83. The minimum atomic E-state index is 0.503. The molecule has 0 atom stereocenters. The third kappa shape index (κ3) is 2.13. The summed E-state index contributed by atoms with van der Waals surface area (Å²) in [7, 11) is 1.93.